The van der Waals surface area contributed by atoms with Gasteiger partial charge in [-0.15, -0.1) is 0 Å². The fourth-order valence-corrected chi connectivity index (χ4v) is 2.72. The summed E-state index contributed by atoms with van der Waals surface area (Å²) in [7, 11) is 0. The lowest BCUT2D eigenvalue weighted by molar-refractivity contribution is -0.106. The highest BCUT2D eigenvalue weighted by Gasteiger charge is 2.53. The molecule has 0 saturated carbocycles. The molecule has 22 heavy (non-hydrogen) atoms. The van der Waals surface area contributed by atoms with Crippen LogP contribution in [0.2, 0.25) is 0 Å². The smallest absolute Gasteiger partial charge is 0.167 e. The minimum absolute atomic E-state index is 0.199. The van der Waals surface area contributed by atoms with Gasteiger partial charge in [0.2, 0.25) is 0 Å². The molecule has 0 aliphatic carbocycles. The van der Waals surface area contributed by atoms with Crippen LogP contribution in [-0.2, 0) is 10.5 Å². The molecule has 1 saturated heterocycles. The predicted molar refractivity (Wildman–Crippen MR) is 74.3 cm³/mol. The molecule has 0 amide bonds. The molecule has 0 aromatic carbocycles. The summed E-state index contributed by atoms with van der Waals surface area (Å²) < 4.78 is 7.24. The van der Waals surface area contributed by atoms with Crippen LogP contribution in [-0.4, -0.2) is 54.6 Å². The molecule has 0 radical (unpaired) electrons. The van der Waals surface area contributed by atoms with E-state index in [4.69, 9.17) is 16.0 Å². The van der Waals surface area contributed by atoms with Gasteiger partial charge >= 0.3 is 0 Å². The van der Waals surface area contributed by atoms with E-state index in [1.807, 2.05) is 0 Å². The van der Waals surface area contributed by atoms with Crippen LogP contribution in [0.25, 0.3) is 21.6 Å². The Morgan fingerprint density at radius 3 is 3.00 bits per heavy atom. The Hall–Kier alpha value is -2.46. The van der Waals surface area contributed by atoms with E-state index < -0.39 is 30.6 Å². The van der Waals surface area contributed by atoms with Crippen LogP contribution < -0.4 is 5.73 Å². The minimum Gasteiger partial charge on any atom is -0.394 e. The molecule has 4 atom stereocenters. The standard InChI is InChI=1S/C11H14N8O3/c1-11(8(17-18-13)7(21)5(2-20)22-11)19-4-16-6-9(12)14-3-15-10(6)19/h3-5,7-8,20-21H,2H2,1H3,(H2,12,14,15)/t5-,7-,8-,11-/m1/s1. The second-order valence-corrected chi connectivity index (χ2v) is 5.08. The van der Waals surface area contributed by atoms with Gasteiger partial charge in [0.05, 0.1) is 19.0 Å². The van der Waals surface area contributed by atoms with Crippen LogP contribution in [0.15, 0.2) is 17.8 Å². The number of nitrogens with zero attached hydrogens (tertiary/aromatic N) is 7. The third-order valence-electron chi connectivity index (χ3n) is 3.84. The quantitative estimate of drug-likeness (QED) is 0.390. The number of hydrogen-bond acceptors (Lipinski definition) is 8. The number of aliphatic hydroxyl groups is 2. The Labute approximate surface area is 124 Å². The van der Waals surface area contributed by atoms with Gasteiger partial charge in [-0.05, 0) is 12.5 Å². The molecule has 0 bridgehead atoms. The molecule has 11 nitrogen and oxygen atoms in total. The first-order valence-corrected chi connectivity index (χ1v) is 6.48. The van der Waals surface area contributed by atoms with Crippen molar-refractivity contribution in [1.82, 2.24) is 19.5 Å². The zero-order valence-corrected chi connectivity index (χ0v) is 11.6. The van der Waals surface area contributed by atoms with Crippen LogP contribution in [0.1, 0.15) is 6.92 Å². The number of fused-ring (bicyclic) bond motifs is 1. The molecule has 11 heteroatoms. The summed E-state index contributed by atoms with van der Waals surface area (Å²) >= 11 is 0. The molecular formula is C11H14N8O3. The summed E-state index contributed by atoms with van der Waals surface area (Å²) in [5, 5.41) is 23.1. The summed E-state index contributed by atoms with van der Waals surface area (Å²) in [6.07, 6.45) is 0.637. The lowest BCUT2D eigenvalue weighted by Crippen LogP contribution is -2.41. The van der Waals surface area contributed by atoms with E-state index >= 15 is 0 Å². The normalized spacial score (nSPS) is 31.3. The molecule has 116 valence electrons. The number of aliphatic hydroxyl groups excluding tert-OH is 2. The van der Waals surface area contributed by atoms with Crippen LogP contribution in [0.3, 0.4) is 0 Å². The van der Waals surface area contributed by atoms with E-state index in [0.29, 0.717) is 11.2 Å². The molecular weight excluding hydrogens is 292 g/mol. The van der Waals surface area contributed by atoms with Crippen molar-refractivity contribution in [2.45, 2.75) is 30.9 Å². The van der Waals surface area contributed by atoms with Crippen molar-refractivity contribution in [2.24, 2.45) is 5.11 Å². The zero-order valence-electron chi connectivity index (χ0n) is 11.6. The van der Waals surface area contributed by atoms with Crippen LogP contribution in [0, 0.1) is 0 Å². The molecule has 1 aliphatic heterocycles. The second-order valence-electron chi connectivity index (χ2n) is 5.08. The highest BCUT2D eigenvalue weighted by molar-refractivity contribution is 5.81. The fraction of sp³-hybridized carbons (Fsp3) is 0.545. The highest BCUT2D eigenvalue weighted by Crippen LogP contribution is 2.39. The van der Waals surface area contributed by atoms with E-state index in [9.17, 15) is 10.2 Å². The monoisotopic (exact) mass is 306 g/mol. The minimum atomic E-state index is -1.27. The van der Waals surface area contributed by atoms with Gasteiger partial charge < -0.3 is 20.7 Å². The summed E-state index contributed by atoms with van der Waals surface area (Å²) in [5.41, 5.74) is 14.0. The molecule has 4 N–H and O–H groups in total. The lowest BCUT2D eigenvalue weighted by Gasteiger charge is -2.30. The van der Waals surface area contributed by atoms with Crippen molar-refractivity contribution in [3.63, 3.8) is 0 Å². The van der Waals surface area contributed by atoms with Gasteiger partial charge in [-0.25, -0.2) is 15.0 Å². The van der Waals surface area contributed by atoms with Crippen LogP contribution in [0.5, 0.6) is 0 Å². The Kier molecular flexibility index (Phi) is 3.34. The second kappa shape index (κ2) is 5.07. The lowest BCUT2D eigenvalue weighted by atomic mass is 10.0. The topological polar surface area (TPSA) is 168 Å². The van der Waals surface area contributed by atoms with Crippen molar-refractivity contribution in [3.8, 4) is 0 Å². The molecule has 3 heterocycles. The van der Waals surface area contributed by atoms with Gasteiger partial charge in [0.25, 0.3) is 0 Å². The summed E-state index contributed by atoms with van der Waals surface area (Å²) in [6.45, 7) is 1.20. The molecule has 1 aliphatic rings. The number of nitrogen functional groups attached to an aromatic ring is 1. The summed E-state index contributed by atoms with van der Waals surface area (Å²) in [6, 6.07) is -0.969. The number of imidazole rings is 1. The van der Waals surface area contributed by atoms with Gasteiger partial charge in [0.15, 0.2) is 17.2 Å². The van der Waals surface area contributed by atoms with Crippen molar-refractivity contribution in [2.75, 3.05) is 12.3 Å². The number of azide groups is 1. The van der Waals surface area contributed by atoms with Gasteiger partial charge in [-0.3, -0.25) is 4.57 Å². The number of nitrogens with two attached hydrogens (primary N) is 1. The Morgan fingerprint density at radius 2 is 2.32 bits per heavy atom. The van der Waals surface area contributed by atoms with Crippen molar-refractivity contribution < 1.29 is 14.9 Å². The SMILES string of the molecule is C[C@@]1(n2cnc3c(N)ncnc32)O[C@H](CO)[C@@H](O)[C@H]1N=[N+]=[N-]. The summed E-state index contributed by atoms with van der Waals surface area (Å²) in [5.74, 6) is 0.199. The molecule has 0 unspecified atom stereocenters. The predicted octanol–water partition coefficient (Wildman–Crippen LogP) is -0.488. The number of hydrogen-bond donors (Lipinski definition) is 3. The van der Waals surface area contributed by atoms with Crippen molar-refractivity contribution >= 4 is 17.0 Å². The van der Waals surface area contributed by atoms with Crippen LogP contribution >= 0.6 is 0 Å². The van der Waals surface area contributed by atoms with E-state index in [1.165, 1.54) is 17.2 Å². The Morgan fingerprint density at radius 1 is 1.55 bits per heavy atom. The molecule has 3 rings (SSSR count). The maximum absolute atomic E-state index is 10.2. The molecule has 1 fully saturated rings. The zero-order chi connectivity index (χ0) is 15.9. The Balaban J connectivity index is 2.18. The number of aromatic nitrogens is 4. The van der Waals surface area contributed by atoms with Crippen LogP contribution in [0.4, 0.5) is 5.82 Å². The first-order chi connectivity index (χ1) is 10.5. The van der Waals surface area contributed by atoms with Gasteiger partial charge in [-0.1, -0.05) is 5.11 Å². The summed E-state index contributed by atoms with van der Waals surface area (Å²) in [4.78, 5) is 14.8. The molecule has 0 spiro atoms. The van der Waals surface area contributed by atoms with E-state index in [2.05, 4.69) is 25.0 Å². The van der Waals surface area contributed by atoms with Gasteiger partial charge in [-0.2, -0.15) is 0 Å². The molecule has 2 aromatic heterocycles. The Bertz CT molecular complexity index is 757. The maximum Gasteiger partial charge on any atom is 0.167 e. The van der Waals surface area contributed by atoms with Crippen molar-refractivity contribution in [1.29, 1.82) is 0 Å². The van der Waals surface area contributed by atoms with Gasteiger partial charge in [0, 0.05) is 4.91 Å². The van der Waals surface area contributed by atoms with E-state index in [0.717, 1.165) is 0 Å². The first kappa shape index (κ1) is 14.5. The van der Waals surface area contributed by atoms with E-state index in [-0.39, 0.29) is 5.82 Å². The number of ether oxygens (including phenoxy) is 1. The fourth-order valence-electron chi connectivity index (χ4n) is 2.72. The van der Waals surface area contributed by atoms with Gasteiger partial charge in [0.1, 0.15) is 24.0 Å². The highest BCUT2D eigenvalue weighted by atomic mass is 16.6. The largest absolute Gasteiger partial charge is 0.394 e. The maximum atomic E-state index is 10.2. The number of anilines is 1. The van der Waals surface area contributed by atoms with E-state index in [1.54, 1.807) is 6.92 Å². The first-order valence-electron chi connectivity index (χ1n) is 6.48. The molecule has 2 aromatic rings. The van der Waals surface area contributed by atoms with Crippen molar-refractivity contribution in [3.05, 3.63) is 23.1 Å². The average Bonchev–Trinajstić information content (AvgIpc) is 3.04. The number of rotatable bonds is 3. The third-order valence-corrected chi connectivity index (χ3v) is 3.84. The third kappa shape index (κ3) is 1.88. The average molecular weight is 306 g/mol.